The summed E-state index contributed by atoms with van der Waals surface area (Å²) in [7, 11) is 4.10. The van der Waals surface area contributed by atoms with Gasteiger partial charge in [0.15, 0.2) is 5.78 Å². The molecule has 6 nitrogen and oxygen atoms in total. The predicted molar refractivity (Wildman–Crippen MR) is 111 cm³/mol. The van der Waals surface area contributed by atoms with Crippen molar-refractivity contribution in [2.45, 2.75) is 65.2 Å². The molecule has 29 heavy (non-hydrogen) atoms. The number of unbranched alkanes of at least 4 members (excludes halogenated alkanes) is 6. The monoisotopic (exact) mass is 406 g/mol. The maximum absolute atomic E-state index is 12.8. The number of ketones is 3. The van der Waals surface area contributed by atoms with Gasteiger partial charge in [-0.1, -0.05) is 45.4 Å². The van der Waals surface area contributed by atoms with Crippen LogP contribution in [0.15, 0.2) is 34.3 Å². The third kappa shape index (κ3) is 6.96. The van der Waals surface area contributed by atoms with Gasteiger partial charge in [0.25, 0.3) is 0 Å². The molecule has 0 amide bonds. The van der Waals surface area contributed by atoms with E-state index in [-0.39, 0.29) is 35.1 Å². The van der Waals surface area contributed by atoms with Crippen LogP contribution in [0.5, 0.6) is 0 Å². The van der Waals surface area contributed by atoms with Gasteiger partial charge < -0.3 is 14.2 Å². The van der Waals surface area contributed by atoms with Gasteiger partial charge in [-0.05, 0) is 31.4 Å². The lowest BCUT2D eigenvalue weighted by Crippen LogP contribution is -2.25. The molecule has 0 aromatic rings. The summed E-state index contributed by atoms with van der Waals surface area (Å²) in [4.78, 5) is 37.9. The van der Waals surface area contributed by atoms with Crippen molar-refractivity contribution in [3.8, 4) is 0 Å². The molecule has 0 unspecified atom stereocenters. The van der Waals surface area contributed by atoms with Crippen molar-refractivity contribution in [1.82, 2.24) is 0 Å². The highest BCUT2D eigenvalue weighted by molar-refractivity contribution is 6.25. The average molecular weight is 407 g/mol. The molecule has 0 spiro atoms. The molecule has 0 heterocycles. The fourth-order valence-corrected chi connectivity index (χ4v) is 3.30. The molecule has 0 atom stereocenters. The van der Waals surface area contributed by atoms with E-state index in [4.69, 9.17) is 14.2 Å². The zero-order valence-electron chi connectivity index (χ0n) is 18.4. The largest absolute Gasteiger partial charge is 0.489 e. The summed E-state index contributed by atoms with van der Waals surface area (Å²) in [5.74, 6) is -1.29. The molecular formula is C23H34O6. The van der Waals surface area contributed by atoms with E-state index in [1.165, 1.54) is 53.1 Å². The maximum Gasteiger partial charge on any atom is 0.232 e. The zero-order chi connectivity index (χ0) is 21.8. The topological polar surface area (TPSA) is 78.9 Å². The quantitative estimate of drug-likeness (QED) is 0.244. The summed E-state index contributed by atoms with van der Waals surface area (Å²) in [6.07, 6.45) is 9.94. The molecule has 0 aromatic heterocycles. The highest BCUT2D eigenvalue weighted by atomic mass is 16.5. The van der Waals surface area contributed by atoms with Crippen molar-refractivity contribution in [2.24, 2.45) is 0 Å². The van der Waals surface area contributed by atoms with Crippen molar-refractivity contribution in [3.05, 3.63) is 34.3 Å². The first-order valence-corrected chi connectivity index (χ1v) is 10.3. The number of rotatable bonds is 14. The van der Waals surface area contributed by atoms with Gasteiger partial charge in [-0.15, -0.1) is 0 Å². The summed E-state index contributed by atoms with van der Waals surface area (Å²) in [6.45, 7) is 3.68. The van der Waals surface area contributed by atoms with E-state index >= 15 is 0 Å². The van der Waals surface area contributed by atoms with Gasteiger partial charge in [-0.2, -0.15) is 0 Å². The molecule has 1 aliphatic carbocycles. The zero-order valence-corrected chi connectivity index (χ0v) is 18.4. The van der Waals surface area contributed by atoms with E-state index in [1.54, 1.807) is 6.92 Å². The minimum atomic E-state index is -0.455. The van der Waals surface area contributed by atoms with E-state index in [0.717, 1.165) is 19.3 Å². The lowest BCUT2D eigenvalue weighted by molar-refractivity contribution is -0.121. The number of ether oxygens (including phenoxy) is 3. The number of carbonyl (C=O) groups excluding carboxylic acids is 3. The molecular weight excluding hydrogens is 372 g/mol. The molecule has 6 heteroatoms. The number of hydrogen-bond acceptors (Lipinski definition) is 6. The van der Waals surface area contributed by atoms with Gasteiger partial charge in [-0.25, -0.2) is 0 Å². The Balaban J connectivity index is 3.00. The lowest BCUT2D eigenvalue weighted by atomic mass is 9.90. The van der Waals surface area contributed by atoms with E-state index < -0.39 is 11.6 Å². The minimum absolute atomic E-state index is 0.0624. The number of hydrogen-bond donors (Lipinski definition) is 0. The Labute approximate surface area is 174 Å². The van der Waals surface area contributed by atoms with Crippen LogP contribution in [0.4, 0.5) is 0 Å². The first-order valence-electron chi connectivity index (χ1n) is 10.3. The minimum Gasteiger partial charge on any atom is -0.489 e. The van der Waals surface area contributed by atoms with Gasteiger partial charge in [0.05, 0.1) is 14.2 Å². The van der Waals surface area contributed by atoms with Gasteiger partial charge in [0, 0.05) is 18.3 Å². The third-order valence-corrected chi connectivity index (χ3v) is 5.02. The molecule has 0 aromatic carbocycles. The Morgan fingerprint density at radius 1 is 0.862 bits per heavy atom. The SMILES string of the molecule is CCCCCCCCC/C(=C/C1=C(C)C(=O)C(OC)=C(OC)C1=O)C(=O)COC. The average Bonchev–Trinajstić information content (AvgIpc) is 2.71. The van der Waals surface area contributed by atoms with E-state index in [9.17, 15) is 14.4 Å². The van der Waals surface area contributed by atoms with Crippen LogP contribution in [0.25, 0.3) is 0 Å². The predicted octanol–water partition coefficient (Wildman–Crippen LogP) is 4.24. The highest BCUT2D eigenvalue weighted by Gasteiger charge is 2.34. The number of carbonyl (C=O) groups is 3. The fraction of sp³-hybridized carbons (Fsp3) is 0.609. The number of allylic oxidation sites excluding steroid dienone is 3. The van der Waals surface area contributed by atoms with Crippen LogP contribution in [0.3, 0.4) is 0 Å². The molecule has 0 fully saturated rings. The second-order valence-electron chi connectivity index (χ2n) is 7.16. The Morgan fingerprint density at radius 2 is 1.41 bits per heavy atom. The van der Waals surface area contributed by atoms with Crippen molar-refractivity contribution < 1.29 is 28.6 Å². The van der Waals surface area contributed by atoms with Crippen LogP contribution < -0.4 is 0 Å². The van der Waals surface area contributed by atoms with Crippen molar-refractivity contribution in [3.63, 3.8) is 0 Å². The van der Waals surface area contributed by atoms with Crippen molar-refractivity contribution in [2.75, 3.05) is 27.9 Å². The Kier molecular flexibility index (Phi) is 11.2. The summed E-state index contributed by atoms with van der Waals surface area (Å²) >= 11 is 0. The van der Waals surface area contributed by atoms with Gasteiger partial charge in [0.2, 0.25) is 23.1 Å². The summed E-state index contributed by atoms with van der Waals surface area (Å²) in [6, 6.07) is 0. The smallest absolute Gasteiger partial charge is 0.232 e. The molecule has 162 valence electrons. The standard InChI is InChI=1S/C23H34O6/c1-6-7-8-9-10-11-12-13-17(19(24)15-27-3)14-18-16(2)20(25)22(28-4)23(29-5)21(18)26/h14H,6-13,15H2,1-5H3/b17-14-. The first kappa shape index (κ1) is 24.8. The normalized spacial score (nSPS) is 15.3. The maximum atomic E-state index is 12.8. The van der Waals surface area contributed by atoms with E-state index in [1.807, 2.05) is 0 Å². The van der Waals surface area contributed by atoms with Crippen LogP contribution in [0.2, 0.25) is 0 Å². The molecule has 1 rings (SSSR count). The van der Waals surface area contributed by atoms with Crippen LogP contribution in [0, 0.1) is 0 Å². The number of methoxy groups -OCH3 is 3. The third-order valence-electron chi connectivity index (χ3n) is 5.02. The van der Waals surface area contributed by atoms with Crippen LogP contribution in [-0.4, -0.2) is 45.3 Å². The van der Waals surface area contributed by atoms with Gasteiger partial charge in [-0.3, -0.25) is 14.4 Å². The van der Waals surface area contributed by atoms with Gasteiger partial charge in [0.1, 0.15) is 6.61 Å². The molecule has 0 saturated heterocycles. The van der Waals surface area contributed by atoms with Crippen LogP contribution >= 0.6 is 0 Å². The number of Topliss-reactive ketones (excluding diaryl/α,β-unsaturated/α-hetero) is 3. The van der Waals surface area contributed by atoms with Crippen molar-refractivity contribution in [1.29, 1.82) is 0 Å². The second kappa shape index (κ2) is 13.1. The Morgan fingerprint density at radius 3 is 1.97 bits per heavy atom. The van der Waals surface area contributed by atoms with Gasteiger partial charge >= 0.3 is 0 Å². The van der Waals surface area contributed by atoms with E-state index in [0.29, 0.717) is 12.0 Å². The second-order valence-corrected chi connectivity index (χ2v) is 7.16. The summed E-state index contributed by atoms with van der Waals surface area (Å²) < 4.78 is 15.1. The Bertz CT molecular complexity index is 696. The fourth-order valence-electron chi connectivity index (χ4n) is 3.30. The molecule has 0 aliphatic heterocycles. The highest BCUT2D eigenvalue weighted by Crippen LogP contribution is 2.28. The lowest BCUT2D eigenvalue weighted by Gasteiger charge is -2.19. The molecule has 0 radical (unpaired) electrons. The molecule has 1 aliphatic rings. The van der Waals surface area contributed by atoms with Crippen LogP contribution in [0.1, 0.15) is 65.2 Å². The molecule has 0 saturated carbocycles. The molecule has 0 N–H and O–H groups in total. The summed E-state index contributed by atoms with van der Waals surface area (Å²) in [5.41, 5.74) is 0.914. The summed E-state index contributed by atoms with van der Waals surface area (Å²) in [5, 5.41) is 0. The Hall–Kier alpha value is -2.21. The van der Waals surface area contributed by atoms with Crippen molar-refractivity contribution >= 4 is 17.3 Å². The first-order chi connectivity index (χ1) is 13.9. The van der Waals surface area contributed by atoms with E-state index in [2.05, 4.69) is 6.92 Å². The molecule has 0 bridgehead atoms. The van der Waals surface area contributed by atoms with Crippen LogP contribution in [-0.2, 0) is 28.6 Å².